The van der Waals surface area contributed by atoms with Gasteiger partial charge in [-0.2, -0.15) is 0 Å². The van der Waals surface area contributed by atoms with Gasteiger partial charge in [0, 0.05) is 5.92 Å². The summed E-state index contributed by atoms with van der Waals surface area (Å²) in [6, 6.07) is 0. The maximum Gasteiger partial charge on any atom is 0.0242 e. The van der Waals surface area contributed by atoms with Crippen LogP contribution in [0.4, 0.5) is 0 Å². The van der Waals surface area contributed by atoms with E-state index in [1.165, 1.54) is 50.5 Å². The monoisotopic (exact) mass is 276 g/mol. The molecule has 0 radical (unpaired) electrons. The molecule has 4 aliphatic rings. The lowest BCUT2D eigenvalue weighted by Gasteiger charge is -2.27. The van der Waals surface area contributed by atoms with E-state index in [1.54, 1.807) is 27.9 Å². The highest BCUT2D eigenvalue weighted by atomic mass is 14.3. The largest absolute Gasteiger partial charge is 0.0805 e. The van der Waals surface area contributed by atoms with E-state index in [0.717, 1.165) is 0 Å². The first-order chi connectivity index (χ1) is 10.3. The number of hydrogen-bond donors (Lipinski definition) is 0. The summed E-state index contributed by atoms with van der Waals surface area (Å²) in [4.78, 5) is 0. The fourth-order valence-electron chi connectivity index (χ4n) is 4.34. The molecular weight excluding hydrogens is 252 g/mol. The number of hydrogen-bond acceptors (Lipinski definition) is 0. The van der Waals surface area contributed by atoms with Gasteiger partial charge in [0.1, 0.15) is 0 Å². The summed E-state index contributed by atoms with van der Waals surface area (Å²) >= 11 is 0. The molecule has 21 heavy (non-hydrogen) atoms. The first-order valence-corrected chi connectivity index (χ1v) is 8.49. The van der Waals surface area contributed by atoms with Crippen LogP contribution in [0.3, 0.4) is 0 Å². The standard InChI is InChI=1S/C21H24/c1-15-14-21-19-9-5-4-8-17(19)11-13-20(21)18(15)12-10-16-6-2-3-7-16/h2-3,6,11,13-14,21H,4-5,7-10,12H2,1H3. The van der Waals surface area contributed by atoms with Crippen LogP contribution in [0.1, 0.15) is 51.9 Å². The molecule has 0 fully saturated rings. The molecule has 1 atom stereocenters. The van der Waals surface area contributed by atoms with Crippen molar-refractivity contribution in [3.63, 3.8) is 0 Å². The summed E-state index contributed by atoms with van der Waals surface area (Å²) in [5, 5.41) is 0. The Bertz CT molecular complexity index is 644. The smallest absolute Gasteiger partial charge is 0.0242 e. The molecule has 0 spiro atoms. The molecule has 0 aromatic rings. The van der Waals surface area contributed by atoms with Crippen LogP contribution >= 0.6 is 0 Å². The predicted molar refractivity (Wildman–Crippen MR) is 90.0 cm³/mol. The fourth-order valence-corrected chi connectivity index (χ4v) is 4.34. The zero-order valence-corrected chi connectivity index (χ0v) is 13.0. The van der Waals surface area contributed by atoms with Crippen molar-refractivity contribution in [3.8, 4) is 0 Å². The Kier molecular flexibility index (Phi) is 3.33. The van der Waals surface area contributed by atoms with E-state index >= 15 is 0 Å². The highest BCUT2D eigenvalue weighted by molar-refractivity contribution is 5.57. The third-order valence-corrected chi connectivity index (χ3v) is 5.51. The quantitative estimate of drug-likeness (QED) is 0.596. The van der Waals surface area contributed by atoms with E-state index in [9.17, 15) is 0 Å². The minimum atomic E-state index is 0.621. The summed E-state index contributed by atoms with van der Waals surface area (Å²) < 4.78 is 0. The van der Waals surface area contributed by atoms with E-state index < -0.39 is 0 Å². The van der Waals surface area contributed by atoms with Crippen molar-refractivity contribution in [3.05, 3.63) is 69.9 Å². The van der Waals surface area contributed by atoms with Crippen LogP contribution in [-0.2, 0) is 0 Å². The Hall–Kier alpha value is -1.56. The zero-order valence-electron chi connectivity index (χ0n) is 13.0. The SMILES string of the molecule is CC1=CC2C(=C1CCC1=CC=CC1)C=CC1=C2CCCC1. The molecule has 108 valence electrons. The molecule has 0 heteroatoms. The Morgan fingerprint density at radius 2 is 2.00 bits per heavy atom. The molecule has 4 rings (SSSR count). The van der Waals surface area contributed by atoms with Gasteiger partial charge in [-0.25, -0.2) is 0 Å². The maximum absolute atomic E-state index is 2.54. The van der Waals surface area contributed by atoms with Crippen molar-refractivity contribution >= 4 is 0 Å². The topological polar surface area (TPSA) is 0 Å². The highest BCUT2D eigenvalue weighted by Gasteiger charge is 2.30. The lowest BCUT2D eigenvalue weighted by molar-refractivity contribution is 0.637. The summed E-state index contributed by atoms with van der Waals surface area (Å²) in [6.45, 7) is 2.32. The van der Waals surface area contributed by atoms with Gasteiger partial charge in [-0.15, -0.1) is 0 Å². The molecular formula is C21H24. The Labute approximate surface area is 128 Å². The van der Waals surface area contributed by atoms with Crippen LogP contribution in [0.5, 0.6) is 0 Å². The number of rotatable bonds is 3. The third kappa shape index (κ3) is 2.31. The molecule has 4 aliphatic carbocycles. The fraction of sp³-hybridized carbons (Fsp3) is 0.429. The first kappa shape index (κ1) is 13.1. The first-order valence-electron chi connectivity index (χ1n) is 8.49. The second-order valence-electron chi connectivity index (χ2n) is 6.81. The van der Waals surface area contributed by atoms with Crippen LogP contribution in [0.25, 0.3) is 0 Å². The van der Waals surface area contributed by atoms with Gasteiger partial charge in [-0.05, 0) is 68.6 Å². The lowest BCUT2D eigenvalue weighted by Crippen LogP contribution is -2.12. The van der Waals surface area contributed by atoms with Crippen molar-refractivity contribution < 1.29 is 0 Å². The molecule has 0 saturated heterocycles. The Morgan fingerprint density at radius 3 is 2.86 bits per heavy atom. The molecule has 0 nitrogen and oxygen atoms in total. The van der Waals surface area contributed by atoms with Crippen molar-refractivity contribution in [2.45, 2.75) is 51.9 Å². The van der Waals surface area contributed by atoms with E-state index in [-0.39, 0.29) is 0 Å². The summed E-state index contributed by atoms with van der Waals surface area (Å²) in [7, 11) is 0. The van der Waals surface area contributed by atoms with E-state index in [2.05, 4.69) is 43.4 Å². The van der Waals surface area contributed by atoms with E-state index in [0.29, 0.717) is 5.92 Å². The summed E-state index contributed by atoms with van der Waals surface area (Å²) in [5.74, 6) is 0.621. The average molecular weight is 276 g/mol. The van der Waals surface area contributed by atoms with Crippen LogP contribution in [0, 0.1) is 5.92 Å². The molecule has 0 aromatic heterocycles. The molecule has 0 heterocycles. The molecule has 0 bridgehead atoms. The van der Waals surface area contributed by atoms with Gasteiger partial charge in [0.05, 0.1) is 0 Å². The molecule has 0 N–H and O–H groups in total. The minimum absolute atomic E-state index is 0.621. The molecule has 0 saturated carbocycles. The van der Waals surface area contributed by atoms with Gasteiger partial charge in [0.2, 0.25) is 0 Å². The van der Waals surface area contributed by atoms with Crippen molar-refractivity contribution in [1.82, 2.24) is 0 Å². The highest BCUT2D eigenvalue weighted by Crippen LogP contribution is 2.46. The molecule has 1 unspecified atom stereocenters. The molecule has 0 amide bonds. The van der Waals surface area contributed by atoms with Crippen LogP contribution in [-0.4, -0.2) is 0 Å². The third-order valence-electron chi connectivity index (χ3n) is 5.51. The lowest BCUT2D eigenvalue weighted by atomic mass is 9.77. The Morgan fingerprint density at radius 1 is 1.10 bits per heavy atom. The van der Waals surface area contributed by atoms with Crippen LogP contribution in [0.15, 0.2) is 69.9 Å². The van der Waals surface area contributed by atoms with Gasteiger partial charge < -0.3 is 0 Å². The summed E-state index contributed by atoms with van der Waals surface area (Å²) in [5.41, 5.74) is 9.74. The van der Waals surface area contributed by atoms with Crippen molar-refractivity contribution in [2.24, 2.45) is 5.92 Å². The maximum atomic E-state index is 2.54. The summed E-state index contributed by atoms with van der Waals surface area (Å²) in [6.07, 6.45) is 23.2. The van der Waals surface area contributed by atoms with Crippen LogP contribution in [0.2, 0.25) is 0 Å². The molecule has 0 aliphatic heterocycles. The predicted octanol–water partition coefficient (Wildman–Crippen LogP) is 5.97. The Balaban J connectivity index is 1.58. The minimum Gasteiger partial charge on any atom is -0.0805 e. The number of fused-ring (bicyclic) bond motifs is 2. The average Bonchev–Trinajstić information content (AvgIpc) is 3.12. The van der Waals surface area contributed by atoms with Gasteiger partial charge in [0.15, 0.2) is 0 Å². The van der Waals surface area contributed by atoms with Gasteiger partial charge >= 0.3 is 0 Å². The van der Waals surface area contributed by atoms with Crippen molar-refractivity contribution in [1.29, 1.82) is 0 Å². The molecule has 0 aromatic carbocycles. The zero-order chi connectivity index (χ0) is 14.2. The van der Waals surface area contributed by atoms with E-state index in [4.69, 9.17) is 0 Å². The normalized spacial score (nSPS) is 27.0. The van der Waals surface area contributed by atoms with Gasteiger partial charge in [-0.3, -0.25) is 0 Å². The number of allylic oxidation sites excluding steroid dienone is 12. The van der Waals surface area contributed by atoms with Gasteiger partial charge in [0.25, 0.3) is 0 Å². The van der Waals surface area contributed by atoms with Crippen LogP contribution < -0.4 is 0 Å². The second-order valence-corrected chi connectivity index (χ2v) is 6.81. The second kappa shape index (κ2) is 5.33. The van der Waals surface area contributed by atoms with E-state index in [1.807, 2.05) is 0 Å². The van der Waals surface area contributed by atoms with Crippen molar-refractivity contribution in [2.75, 3.05) is 0 Å². The van der Waals surface area contributed by atoms with Gasteiger partial charge in [-0.1, -0.05) is 53.2 Å².